The van der Waals surface area contributed by atoms with E-state index in [1.54, 1.807) is 6.33 Å². The summed E-state index contributed by atoms with van der Waals surface area (Å²) in [6.07, 6.45) is 11.6. The number of fused-ring (bicyclic) bond motifs is 1. The molecule has 190 valence electrons. The van der Waals surface area contributed by atoms with Crippen molar-refractivity contribution in [2.45, 2.75) is 72.6 Å². The van der Waals surface area contributed by atoms with Crippen LogP contribution in [0, 0.1) is 0 Å². The van der Waals surface area contributed by atoms with Crippen LogP contribution in [0.1, 0.15) is 59.3 Å². The van der Waals surface area contributed by atoms with Gasteiger partial charge in [0, 0.05) is 0 Å². The van der Waals surface area contributed by atoms with Crippen molar-refractivity contribution in [3.63, 3.8) is 0 Å². The molecule has 2 aromatic heterocycles. The number of ether oxygens (including phenoxy) is 1. The molecule has 0 unspecified atom stereocenters. The van der Waals surface area contributed by atoms with Gasteiger partial charge in [-0.2, -0.15) is 0 Å². The van der Waals surface area contributed by atoms with Crippen molar-refractivity contribution in [1.29, 1.82) is 0 Å². The van der Waals surface area contributed by atoms with E-state index < -0.39 is 18.4 Å². The maximum absolute atomic E-state index is 5.48. The molecule has 1 N–H and O–H groups in total. The second-order valence-corrected chi connectivity index (χ2v) is 22.9. The molecule has 1 saturated heterocycles. The molecule has 7 nitrogen and oxygen atoms in total. The van der Waals surface area contributed by atoms with E-state index in [0.717, 1.165) is 43.5 Å². The van der Waals surface area contributed by atoms with Crippen molar-refractivity contribution in [3.05, 3.63) is 36.8 Å². The number of hydrogen-bond acceptors (Lipinski definition) is 6. The van der Waals surface area contributed by atoms with Gasteiger partial charge in [0.15, 0.2) is 0 Å². The third-order valence-corrected chi connectivity index (χ3v) is 22.7. The van der Waals surface area contributed by atoms with E-state index in [0.29, 0.717) is 0 Å². The molecule has 0 spiro atoms. The van der Waals surface area contributed by atoms with Crippen LogP contribution in [0.25, 0.3) is 5.65 Å². The predicted molar refractivity (Wildman–Crippen MR) is 148 cm³/mol. The molecule has 1 aliphatic rings. The van der Waals surface area contributed by atoms with Gasteiger partial charge in [-0.15, -0.1) is 0 Å². The Bertz CT molecular complexity index is 1030. The van der Waals surface area contributed by atoms with Gasteiger partial charge in [-0.25, -0.2) is 0 Å². The fraction of sp³-hybridized carbons (Fsp3) is 0.593. The molecule has 0 atom stereocenters. The van der Waals surface area contributed by atoms with Gasteiger partial charge in [0.2, 0.25) is 0 Å². The Morgan fingerprint density at radius 2 is 1.51 bits per heavy atom. The second-order valence-electron chi connectivity index (χ2n) is 9.85. The monoisotopic (exact) mass is 586 g/mol. The molecule has 1 fully saturated rings. The summed E-state index contributed by atoms with van der Waals surface area (Å²) < 4.78 is 13.2. The second kappa shape index (κ2) is 12.9. The minimum atomic E-state index is -2.70. The molecule has 8 heteroatoms. The van der Waals surface area contributed by atoms with E-state index in [1.807, 2.05) is 0 Å². The van der Waals surface area contributed by atoms with E-state index in [9.17, 15) is 0 Å². The SMILES string of the molecule is CCC[CH2][Sn]([CH2]CCC)([CH2]CCC)[c]1cnc(Nc2ccc(N3CCOCC3)cc2)c2ncnn12. The predicted octanol–water partition coefficient (Wildman–Crippen LogP) is 5.76. The topological polar surface area (TPSA) is 67.6 Å². The van der Waals surface area contributed by atoms with Crippen LogP contribution in [0.3, 0.4) is 0 Å². The fourth-order valence-electron chi connectivity index (χ4n) is 5.29. The summed E-state index contributed by atoms with van der Waals surface area (Å²) in [6.45, 7) is 10.4. The molecular formula is C27H42N6OSn. The maximum atomic E-state index is 5.48. The first-order valence-corrected chi connectivity index (χ1v) is 21.1. The zero-order chi connectivity index (χ0) is 24.5. The van der Waals surface area contributed by atoms with Gasteiger partial charge in [-0.1, -0.05) is 0 Å². The van der Waals surface area contributed by atoms with Crippen LogP contribution in [-0.4, -0.2) is 64.3 Å². The summed E-state index contributed by atoms with van der Waals surface area (Å²) in [5.41, 5.74) is 3.10. The number of hydrogen-bond donors (Lipinski definition) is 1. The normalized spacial score (nSPS) is 14.5. The van der Waals surface area contributed by atoms with Crippen LogP contribution in [0.2, 0.25) is 13.3 Å². The van der Waals surface area contributed by atoms with Crippen LogP contribution in [0.5, 0.6) is 0 Å². The zero-order valence-electron chi connectivity index (χ0n) is 21.8. The molecule has 0 saturated carbocycles. The average molecular weight is 585 g/mol. The van der Waals surface area contributed by atoms with Crippen molar-refractivity contribution in [2.75, 3.05) is 36.5 Å². The van der Waals surface area contributed by atoms with Gasteiger partial charge < -0.3 is 4.74 Å². The van der Waals surface area contributed by atoms with Gasteiger partial charge in [-0.05, 0) is 0 Å². The van der Waals surface area contributed by atoms with Crippen molar-refractivity contribution < 1.29 is 4.74 Å². The molecular weight excluding hydrogens is 543 g/mol. The molecule has 1 aromatic carbocycles. The van der Waals surface area contributed by atoms with Gasteiger partial charge in [0.25, 0.3) is 0 Å². The number of benzene rings is 1. The van der Waals surface area contributed by atoms with Gasteiger partial charge in [0.1, 0.15) is 0 Å². The van der Waals surface area contributed by atoms with Gasteiger partial charge in [-0.3, -0.25) is 0 Å². The summed E-state index contributed by atoms with van der Waals surface area (Å²) >= 11 is -2.70. The Hall–Kier alpha value is -1.87. The number of nitrogens with one attached hydrogen (secondary N) is 1. The first kappa shape index (κ1) is 26.2. The zero-order valence-corrected chi connectivity index (χ0v) is 24.7. The average Bonchev–Trinajstić information content (AvgIpc) is 3.40. The van der Waals surface area contributed by atoms with Crippen LogP contribution in [-0.2, 0) is 4.74 Å². The number of unbranched alkanes of at least 4 members (excludes halogenated alkanes) is 3. The summed E-state index contributed by atoms with van der Waals surface area (Å²) in [5.74, 6) is 0.784. The quantitative estimate of drug-likeness (QED) is 0.258. The number of anilines is 3. The summed E-state index contributed by atoms with van der Waals surface area (Å²) in [6, 6.07) is 8.59. The molecule has 0 amide bonds. The van der Waals surface area contributed by atoms with Crippen molar-refractivity contribution in [3.8, 4) is 0 Å². The Morgan fingerprint density at radius 3 is 2.11 bits per heavy atom. The van der Waals surface area contributed by atoms with Crippen LogP contribution >= 0.6 is 0 Å². The summed E-state index contributed by atoms with van der Waals surface area (Å²) in [7, 11) is 0. The van der Waals surface area contributed by atoms with Crippen molar-refractivity contribution in [1.82, 2.24) is 19.6 Å². The third-order valence-electron chi connectivity index (χ3n) is 7.38. The molecule has 0 radical (unpaired) electrons. The third kappa shape index (κ3) is 6.28. The fourth-order valence-corrected chi connectivity index (χ4v) is 21.2. The molecule has 3 heterocycles. The molecule has 0 aliphatic carbocycles. The molecule has 1 aliphatic heterocycles. The first-order chi connectivity index (χ1) is 17.2. The summed E-state index contributed by atoms with van der Waals surface area (Å²) in [4.78, 5) is 12.0. The Balaban J connectivity index is 1.62. The molecule has 35 heavy (non-hydrogen) atoms. The van der Waals surface area contributed by atoms with E-state index >= 15 is 0 Å². The van der Waals surface area contributed by atoms with Gasteiger partial charge >= 0.3 is 210 Å². The standard InChI is InChI=1S/C15H15N6O.3C4H9.Sn/c1-3-13(20-7-9-22-10-8-20)4-2-12(1)19-14-15-17-11-18-21(15)6-5-16-14;3*1-3-4-2;/h1-5,11H,7-10H2,(H,16,19);3*1,3-4H2,2H3;. The Morgan fingerprint density at radius 1 is 0.886 bits per heavy atom. The van der Waals surface area contributed by atoms with Gasteiger partial charge in [0.05, 0.1) is 0 Å². The molecule has 3 aromatic rings. The number of aromatic nitrogens is 4. The number of nitrogens with zero attached hydrogens (tertiary/aromatic N) is 5. The summed E-state index contributed by atoms with van der Waals surface area (Å²) in [5, 5.41) is 8.26. The van der Waals surface area contributed by atoms with E-state index in [4.69, 9.17) is 14.8 Å². The molecule has 4 rings (SSSR count). The van der Waals surface area contributed by atoms with E-state index in [-0.39, 0.29) is 0 Å². The van der Waals surface area contributed by atoms with Crippen molar-refractivity contribution >= 4 is 44.9 Å². The van der Waals surface area contributed by atoms with Crippen LogP contribution in [0.4, 0.5) is 17.2 Å². The van der Waals surface area contributed by atoms with Crippen LogP contribution in [0.15, 0.2) is 36.8 Å². The molecule has 0 bridgehead atoms. The van der Waals surface area contributed by atoms with E-state index in [2.05, 4.69) is 70.9 Å². The Kier molecular flexibility index (Phi) is 9.66. The first-order valence-electron chi connectivity index (χ1n) is 13.6. The van der Waals surface area contributed by atoms with Crippen molar-refractivity contribution in [2.24, 2.45) is 0 Å². The minimum absolute atomic E-state index is 0.784. The van der Waals surface area contributed by atoms with Crippen LogP contribution < -0.4 is 13.9 Å². The Labute approximate surface area is 214 Å². The number of rotatable bonds is 13. The number of morpholine rings is 1. The van der Waals surface area contributed by atoms with E-state index in [1.165, 1.54) is 61.2 Å².